The summed E-state index contributed by atoms with van der Waals surface area (Å²) in [6.07, 6.45) is 4.03. The van der Waals surface area contributed by atoms with Crippen LogP contribution in [0.3, 0.4) is 0 Å². The van der Waals surface area contributed by atoms with E-state index in [0.717, 1.165) is 18.5 Å². The third-order valence-corrected chi connectivity index (χ3v) is 3.43. The zero-order valence-electron chi connectivity index (χ0n) is 11.2. The number of aromatic nitrogens is 3. The third-order valence-electron chi connectivity index (χ3n) is 3.43. The van der Waals surface area contributed by atoms with Crippen LogP contribution in [0.15, 0.2) is 6.20 Å². The van der Waals surface area contributed by atoms with Crippen molar-refractivity contribution in [1.29, 1.82) is 0 Å². The van der Waals surface area contributed by atoms with E-state index < -0.39 is 6.09 Å². The molecule has 1 saturated heterocycles. The molecule has 2 heterocycles. The van der Waals surface area contributed by atoms with E-state index in [1.807, 2.05) is 0 Å². The molecule has 0 aromatic carbocycles. The molecule has 0 atom stereocenters. The molecule has 2 amide bonds. The summed E-state index contributed by atoms with van der Waals surface area (Å²) >= 11 is 0. The number of hydrogen-bond acceptors (Lipinski definition) is 4. The zero-order chi connectivity index (χ0) is 14.4. The van der Waals surface area contributed by atoms with Gasteiger partial charge < -0.3 is 15.3 Å². The van der Waals surface area contributed by atoms with Gasteiger partial charge in [-0.15, -0.1) is 0 Å². The molecule has 110 valence electrons. The lowest BCUT2D eigenvalue weighted by Gasteiger charge is -2.30. The van der Waals surface area contributed by atoms with E-state index >= 15 is 0 Å². The Morgan fingerprint density at radius 3 is 2.80 bits per heavy atom. The van der Waals surface area contributed by atoms with E-state index in [2.05, 4.69) is 20.7 Å². The van der Waals surface area contributed by atoms with Crippen molar-refractivity contribution in [2.24, 2.45) is 0 Å². The lowest BCUT2D eigenvalue weighted by atomic mass is 10.0. The van der Waals surface area contributed by atoms with Gasteiger partial charge in [-0.05, 0) is 25.7 Å². The highest BCUT2D eigenvalue weighted by molar-refractivity contribution is 5.76. The maximum Gasteiger partial charge on any atom is 0.407 e. The van der Waals surface area contributed by atoms with Gasteiger partial charge in [0.15, 0.2) is 0 Å². The average Bonchev–Trinajstić information content (AvgIpc) is 2.92. The van der Waals surface area contributed by atoms with Gasteiger partial charge in [-0.1, -0.05) is 0 Å². The molecule has 0 spiro atoms. The number of aromatic amines is 1. The van der Waals surface area contributed by atoms with E-state index in [0.29, 0.717) is 32.4 Å². The zero-order valence-corrected chi connectivity index (χ0v) is 11.2. The molecular formula is C12H19N5O3. The number of nitrogens with zero attached hydrogens (tertiary/aromatic N) is 3. The predicted molar refractivity (Wildman–Crippen MR) is 70.1 cm³/mol. The van der Waals surface area contributed by atoms with Crippen LogP contribution in [-0.4, -0.2) is 56.5 Å². The minimum Gasteiger partial charge on any atom is -0.465 e. The van der Waals surface area contributed by atoms with Crippen LogP contribution in [0.2, 0.25) is 0 Å². The quantitative estimate of drug-likeness (QED) is 0.722. The summed E-state index contributed by atoms with van der Waals surface area (Å²) in [5.41, 5.74) is 0.854. The second-order valence-corrected chi connectivity index (χ2v) is 4.93. The highest BCUT2D eigenvalue weighted by Gasteiger charge is 2.23. The Balaban J connectivity index is 1.61. The normalized spacial score (nSPS) is 16.1. The van der Waals surface area contributed by atoms with Crippen molar-refractivity contribution in [1.82, 2.24) is 25.6 Å². The smallest absolute Gasteiger partial charge is 0.407 e. The summed E-state index contributed by atoms with van der Waals surface area (Å²) < 4.78 is 0. The van der Waals surface area contributed by atoms with Gasteiger partial charge in [-0.3, -0.25) is 4.79 Å². The number of H-pyrrole nitrogens is 1. The summed E-state index contributed by atoms with van der Waals surface area (Å²) in [7, 11) is 0. The van der Waals surface area contributed by atoms with Crippen LogP contribution in [0.1, 0.15) is 31.4 Å². The van der Waals surface area contributed by atoms with Crippen LogP contribution in [0, 0.1) is 0 Å². The van der Waals surface area contributed by atoms with Crippen LogP contribution in [0.4, 0.5) is 4.79 Å². The largest absolute Gasteiger partial charge is 0.465 e. The monoisotopic (exact) mass is 281 g/mol. The van der Waals surface area contributed by atoms with E-state index in [-0.39, 0.29) is 11.9 Å². The van der Waals surface area contributed by atoms with Crippen LogP contribution in [0.25, 0.3) is 0 Å². The Kier molecular flexibility index (Phi) is 4.91. The number of piperidine rings is 1. The lowest BCUT2D eigenvalue weighted by Crippen LogP contribution is -2.46. The maximum atomic E-state index is 11.8. The van der Waals surface area contributed by atoms with Gasteiger partial charge in [0, 0.05) is 25.6 Å². The summed E-state index contributed by atoms with van der Waals surface area (Å²) in [5, 5.41) is 22.0. The molecule has 3 N–H and O–H groups in total. The summed E-state index contributed by atoms with van der Waals surface area (Å²) in [6.45, 7) is 0.971. The molecule has 1 aliphatic rings. The Labute approximate surface area is 116 Å². The van der Waals surface area contributed by atoms with Gasteiger partial charge in [0.2, 0.25) is 5.91 Å². The molecule has 0 radical (unpaired) electrons. The molecule has 1 aliphatic heterocycles. The van der Waals surface area contributed by atoms with Crippen molar-refractivity contribution in [2.75, 3.05) is 13.1 Å². The number of rotatable bonds is 5. The third kappa shape index (κ3) is 4.22. The fraction of sp³-hybridized carbons (Fsp3) is 0.667. The van der Waals surface area contributed by atoms with E-state index in [1.165, 1.54) is 4.90 Å². The number of carboxylic acid groups (broad SMARTS) is 1. The van der Waals surface area contributed by atoms with E-state index in [9.17, 15) is 9.59 Å². The van der Waals surface area contributed by atoms with Gasteiger partial charge in [0.25, 0.3) is 0 Å². The van der Waals surface area contributed by atoms with Gasteiger partial charge in [-0.25, -0.2) is 4.79 Å². The van der Waals surface area contributed by atoms with Gasteiger partial charge in [0.05, 0.1) is 11.9 Å². The van der Waals surface area contributed by atoms with Gasteiger partial charge in [-0.2, -0.15) is 15.4 Å². The predicted octanol–water partition coefficient (Wildman–Crippen LogP) is 0.386. The Hall–Kier alpha value is -2.12. The van der Waals surface area contributed by atoms with Gasteiger partial charge >= 0.3 is 6.09 Å². The van der Waals surface area contributed by atoms with Crippen LogP contribution < -0.4 is 5.32 Å². The first-order valence-corrected chi connectivity index (χ1v) is 6.77. The topological polar surface area (TPSA) is 111 Å². The van der Waals surface area contributed by atoms with Crippen LogP contribution in [0.5, 0.6) is 0 Å². The minimum absolute atomic E-state index is 0.0160. The van der Waals surface area contributed by atoms with Crippen molar-refractivity contribution in [3.63, 3.8) is 0 Å². The molecule has 2 rings (SSSR count). The fourth-order valence-electron chi connectivity index (χ4n) is 2.29. The van der Waals surface area contributed by atoms with E-state index in [1.54, 1.807) is 6.20 Å². The number of likely N-dealkylation sites (tertiary alicyclic amines) is 1. The highest BCUT2D eigenvalue weighted by atomic mass is 16.4. The average molecular weight is 281 g/mol. The maximum absolute atomic E-state index is 11.8. The molecule has 8 nitrogen and oxygen atoms in total. The van der Waals surface area contributed by atoms with Crippen molar-refractivity contribution < 1.29 is 14.7 Å². The molecule has 0 unspecified atom stereocenters. The fourth-order valence-corrected chi connectivity index (χ4v) is 2.29. The van der Waals surface area contributed by atoms with Crippen LogP contribution in [-0.2, 0) is 11.2 Å². The molecule has 1 aromatic rings. The highest BCUT2D eigenvalue weighted by Crippen LogP contribution is 2.10. The summed E-state index contributed by atoms with van der Waals surface area (Å²) in [4.78, 5) is 23.9. The Morgan fingerprint density at radius 2 is 2.20 bits per heavy atom. The van der Waals surface area contributed by atoms with Crippen LogP contribution >= 0.6 is 0 Å². The molecule has 20 heavy (non-hydrogen) atoms. The number of carbonyl (C=O) groups is 2. The molecule has 0 bridgehead atoms. The van der Waals surface area contributed by atoms with Crippen molar-refractivity contribution in [3.8, 4) is 0 Å². The second-order valence-electron chi connectivity index (χ2n) is 4.93. The number of hydrogen-bond donors (Lipinski definition) is 3. The first-order chi connectivity index (χ1) is 9.65. The first-order valence-electron chi connectivity index (χ1n) is 6.77. The van der Waals surface area contributed by atoms with Gasteiger partial charge in [0.1, 0.15) is 0 Å². The van der Waals surface area contributed by atoms with Crippen molar-refractivity contribution in [2.45, 2.75) is 38.1 Å². The number of amides is 2. The minimum atomic E-state index is -0.887. The molecule has 1 aromatic heterocycles. The number of aryl methyl sites for hydroxylation is 1. The number of nitrogens with one attached hydrogen (secondary N) is 2. The molecule has 8 heteroatoms. The second kappa shape index (κ2) is 6.88. The van der Waals surface area contributed by atoms with Crippen molar-refractivity contribution >= 4 is 12.0 Å². The molecule has 0 saturated carbocycles. The Bertz CT molecular complexity index is 440. The molecular weight excluding hydrogens is 262 g/mol. The first kappa shape index (κ1) is 14.3. The number of carbonyl (C=O) groups excluding carboxylic acids is 1. The molecule has 0 aliphatic carbocycles. The Morgan fingerprint density at radius 1 is 1.45 bits per heavy atom. The summed E-state index contributed by atoms with van der Waals surface area (Å²) in [6, 6.07) is 0.0881. The SMILES string of the molecule is O=C(CCCc1cn[nH]n1)NC1CCN(C(=O)O)CC1. The summed E-state index contributed by atoms with van der Waals surface area (Å²) in [5.74, 6) is 0.0160. The molecule has 1 fully saturated rings. The standard InChI is InChI=1S/C12H19N5O3/c18-11(3-1-2-10-8-13-16-15-10)14-9-4-6-17(7-5-9)12(19)20/h8-9H,1-7H2,(H,14,18)(H,19,20)(H,13,15,16). The van der Waals surface area contributed by atoms with Crippen molar-refractivity contribution in [3.05, 3.63) is 11.9 Å². The van der Waals surface area contributed by atoms with E-state index in [4.69, 9.17) is 5.11 Å². The lowest BCUT2D eigenvalue weighted by molar-refractivity contribution is -0.122.